The van der Waals surface area contributed by atoms with Gasteiger partial charge in [-0.15, -0.1) is 0 Å². The maximum atomic E-state index is 14.0. The van der Waals surface area contributed by atoms with Crippen LogP contribution in [0.3, 0.4) is 0 Å². The van der Waals surface area contributed by atoms with Crippen molar-refractivity contribution in [3.05, 3.63) is 70.8 Å². The van der Waals surface area contributed by atoms with Gasteiger partial charge in [-0.25, -0.2) is 4.99 Å². The molecule has 0 radical (unpaired) electrons. The van der Waals surface area contributed by atoms with Crippen molar-refractivity contribution in [2.75, 3.05) is 19.8 Å². The van der Waals surface area contributed by atoms with Crippen LogP contribution in [-0.2, 0) is 20.4 Å². The summed E-state index contributed by atoms with van der Waals surface area (Å²) in [6, 6.07) is 14.7. The number of unbranched alkanes of at least 4 members (excludes halogenated alkanes) is 1. The maximum Gasteiger partial charge on any atom is 0.248 e. The molecule has 1 N–H and O–H groups in total. The highest BCUT2D eigenvalue weighted by Gasteiger charge is 2.43. The van der Waals surface area contributed by atoms with Crippen molar-refractivity contribution in [1.29, 1.82) is 0 Å². The Morgan fingerprint density at radius 3 is 2.40 bits per heavy atom. The summed E-state index contributed by atoms with van der Waals surface area (Å²) < 4.78 is 12.4. The van der Waals surface area contributed by atoms with Crippen molar-refractivity contribution in [3.63, 3.8) is 0 Å². The summed E-state index contributed by atoms with van der Waals surface area (Å²) in [4.78, 5) is 31.5. The molecule has 2 aromatic rings. The number of aryl methyl sites for hydroxylation is 1. The van der Waals surface area contributed by atoms with Crippen molar-refractivity contribution >= 4 is 25.9 Å². The van der Waals surface area contributed by atoms with Crippen LogP contribution in [0.25, 0.3) is 0 Å². The molecule has 45 heavy (non-hydrogen) atoms. The Labute approximate surface area is 272 Å². The second-order valence-electron chi connectivity index (χ2n) is 14.4. The summed E-state index contributed by atoms with van der Waals surface area (Å²) in [5.74, 6) is 1.62. The van der Waals surface area contributed by atoms with E-state index in [1.54, 1.807) is 0 Å². The van der Waals surface area contributed by atoms with E-state index in [1.807, 2.05) is 48.5 Å². The summed E-state index contributed by atoms with van der Waals surface area (Å²) in [6.07, 6.45) is 11.9. The third-order valence-electron chi connectivity index (χ3n) is 10.7. The molecule has 2 aliphatic rings. The number of hydrogen-bond donors (Lipinski definition) is 1. The number of carbonyl (C=O) groups excluding carboxylic acids is 2. The van der Waals surface area contributed by atoms with E-state index >= 15 is 0 Å². The summed E-state index contributed by atoms with van der Waals surface area (Å²) in [5, 5.41) is 3.22. The maximum absolute atomic E-state index is 14.0. The number of carbonyl (C=O) groups is 2. The molecule has 1 aliphatic carbocycles. The first-order chi connectivity index (χ1) is 21.5. The Morgan fingerprint density at radius 2 is 1.67 bits per heavy atom. The average Bonchev–Trinajstić information content (AvgIpc) is 3.54. The predicted octanol–water partition coefficient (Wildman–Crippen LogP) is 8.52. The van der Waals surface area contributed by atoms with Gasteiger partial charge in [-0.2, -0.15) is 0 Å². The number of aliphatic imine (C=N–C) groups is 1. The molecule has 1 fully saturated rings. The lowest BCUT2D eigenvalue weighted by Crippen LogP contribution is -2.45. The second kappa shape index (κ2) is 16.2. The van der Waals surface area contributed by atoms with Gasteiger partial charge in [0, 0.05) is 29.8 Å². The standard InChI is InChI=1S/C38H56N2O4Si/c1-28(2)38(3,4)45(5,6)44-26-16-21-30-20-10-11-22-31(30)35(41)32-23-12-13-24-33(32)37-40-34(27-43-37)36(42)39-25-15-14-19-29-17-8-7-9-18-29/h10-13,20,22-24,28-29,34H,7-9,14-19,21,25-27H2,1-6H3,(H,39,42). The molecular weight excluding hydrogens is 577 g/mol. The van der Waals surface area contributed by atoms with E-state index in [4.69, 9.17) is 9.16 Å². The van der Waals surface area contributed by atoms with Gasteiger partial charge in [0.15, 0.2) is 20.1 Å². The van der Waals surface area contributed by atoms with E-state index in [-0.39, 0.29) is 23.3 Å². The zero-order chi connectivity index (χ0) is 32.5. The molecule has 1 amide bonds. The fourth-order valence-corrected chi connectivity index (χ4v) is 8.88. The Bertz CT molecular complexity index is 1310. The van der Waals surface area contributed by atoms with E-state index in [0.717, 1.165) is 37.2 Å². The molecule has 1 heterocycles. The molecule has 246 valence electrons. The lowest BCUT2D eigenvalue weighted by molar-refractivity contribution is -0.122. The molecule has 1 atom stereocenters. The van der Waals surface area contributed by atoms with Crippen LogP contribution in [0.1, 0.15) is 113 Å². The largest absolute Gasteiger partial charge is 0.475 e. The predicted molar refractivity (Wildman–Crippen MR) is 187 cm³/mol. The number of nitrogens with zero attached hydrogens (tertiary/aromatic N) is 1. The van der Waals surface area contributed by atoms with Gasteiger partial charge in [-0.1, -0.05) is 115 Å². The van der Waals surface area contributed by atoms with Crippen LogP contribution in [-0.4, -0.2) is 51.7 Å². The van der Waals surface area contributed by atoms with Crippen LogP contribution in [0.15, 0.2) is 53.5 Å². The van der Waals surface area contributed by atoms with Gasteiger partial charge in [0.2, 0.25) is 11.8 Å². The monoisotopic (exact) mass is 632 g/mol. The van der Waals surface area contributed by atoms with Gasteiger partial charge in [0.05, 0.1) is 0 Å². The molecule has 0 aromatic heterocycles. The minimum Gasteiger partial charge on any atom is -0.475 e. The first kappa shape index (κ1) is 35.1. The Hall–Kier alpha value is -2.77. The first-order valence-corrected chi connectivity index (χ1v) is 20.3. The highest BCUT2D eigenvalue weighted by molar-refractivity contribution is 6.74. The zero-order valence-electron chi connectivity index (χ0n) is 28.6. The lowest BCUT2D eigenvalue weighted by Gasteiger charge is -2.42. The lowest BCUT2D eigenvalue weighted by atomic mass is 9.86. The van der Waals surface area contributed by atoms with Gasteiger partial charge < -0.3 is 14.5 Å². The smallest absolute Gasteiger partial charge is 0.248 e. The summed E-state index contributed by atoms with van der Waals surface area (Å²) in [5.41, 5.74) is 2.87. The van der Waals surface area contributed by atoms with E-state index in [9.17, 15) is 9.59 Å². The van der Waals surface area contributed by atoms with Crippen molar-refractivity contribution in [2.24, 2.45) is 16.8 Å². The van der Waals surface area contributed by atoms with Gasteiger partial charge in [-0.3, -0.25) is 9.59 Å². The van der Waals surface area contributed by atoms with Gasteiger partial charge in [-0.05, 0) is 60.9 Å². The summed E-state index contributed by atoms with van der Waals surface area (Å²) >= 11 is 0. The van der Waals surface area contributed by atoms with Crippen LogP contribution in [0.5, 0.6) is 0 Å². The number of nitrogens with one attached hydrogen (secondary N) is 1. The summed E-state index contributed by atoms with van der Waals surface area (Å²) in [6.45, 7) is 15.3. The second-order valence-corrected chi connectivity index (χ2v) is 19.0. The fraction of sp³-hybridized carbons (Fsp3) is 0.605. The van der Waals surface area contributed by atoms with Crippen molar-refractivity contribution in [2.45, 2.75) is 116 Å². The van der Waals surface area contributed by atoms with Crippen molar-refractivity contribution in [1.82, 2.24) is 5.32 Å². The Kier molecular flexibility index (Phi) is 12.6. The van der Waals surface area contributed by atoms with Crippen LogP contribution >= 0.6 is 0 Å². The average molecular weight is 633 g/mol. The molecule has 7 heteroatoms. The van der Waals surface area contributed by atoms with Crippen molar-refractivity contribution in [3.8, 4) is 0 Å². The van der Waals surface area contributed by atoms with Crippen LogP contribution in [0.2, 0.25) is 18.1 Å². The minimum absolute atomic E-state index is 0.0602. The number of amides is 1. The SMILES string of the molecule is CC(C)C(C)(C)[Si](C)(C)OCCCc1ccccc1C(=O)c1ccccc1C1=NC(C(=O)NCCCCC2CCCCC2)CO1. The Balaban J connectivity index is 1.34. The number of hydrogen-bond acceptors (Lipinski definition) is 5. The van der Waals surface area contributed by atoms with Crippen molar-refractivity contribution < 1.29 is 18.8 Å². The molecule has 1 aliphatic heterocycles. The third kappa shape index (κ3) is 9.16. The number of rotatable bonds is 16. The molecule has 0 bridgehead atoms. The topological polar surface area (TPSA) is 77.0 Å². The Morgan fingerprint density at radius 1 is 0.978 bits per heavy atom. The summed E-state index contributed by atoms with van der Waals surface area (Å²) in [7, 11) is -1.90. The van der Waals surface area contributed by atoms with Gasteiger partial charge in [0.25, 0.3) is 0 Å². The zero-order valence-corrected chi connectivity index (χ0v) is 29.6. The van der Waals surface area contributed by atoms with Crippen LogP contribution in [0.4, 0.5) is 0 Å². The van der Waals surface area contributed by atoms with Gasteiger partial charge in [0.1, 0.15) is 6.61 Å². The third-order valence-corrected chi connectivity index (χ3v) is 15.3. The highest BCUT2D eigenvalue weighted by Crippen LogP contribution is 2.44. The number of ketones is 1. The number of ether oxygens (including phenoxy) is 1. The molecular formula is C38H56N2O4Si. The molecule has 4 rings (SSSR count). The normalized spacial score (nSPS) is 17.7. The molecule has 1 unspecified atom stereocenters. The van der Waals surface area contributed by atoms with Gasteiger partial charge >= 0.3 is 0 Å². The molecule has 6 nitrogen and oxygen atoms in total. The van der Waals surface area contributed by atoms with Crippen LogP contribution < -0.4 is 5.32 Å². The first-order valence-electron chi connectivity index (χ1n) is 17.4. The highest BCUT2D eigenvalue weighted by atomic mass is 28.4. The molecule has 1 saturated carbocycles. The number of benzene rings is 2. The minimum atomic E-state index is -1.90. The molecule has 0 saturated heterocycles. The fourth-order valence-electron chi connectivity index (χ4n) is 6.46. The van der Waals surface area contributed by atoms with Crippen LogP contribution in [0, 0.1) is 11.8 Å². The van der Waals surface area contributed by atoms with E-state index in [0.29, 0.717) is 41.7 Å². The molecule has 0 spiro atoms. The quantitative estimate of drug-likeness (QED) is 0.114. The van der Waals surface area contributed by atoms with E-state index in [2.05, 4.69) is 51.1 Å². The van der Waals surface area contributed by atoms with E-state index in [1.165, 1.54) is 38.5 Å². The van der Waals surface area contributed by atoms with E-state index < -0.39 is 14.4 Å². The molecule has 2 aromatic carbocycles.